The maximum atomic E-state index is 12.9. The molecule has 4 saturated carbocycles. The van der Waals surface area contributed by atoms with Gasteiger partial charge in [0, 0.05) is 5.41 Å². The van der Waals surface area contributed by atoms with E-state index in [1.165, 1.54) is 0 Å². The molecule has 5 heteroatoms. The topological polar surface area (TPSA) is 94.8 Å². The maximum Gasteiger partial charge on any atom is 0.335 e. The number of aliphatic carboxylic acids is 1. The van der Waals surface area contributed by atoms with Gasteiger partial charge in [0.05, 0.1) is 17.1 Å². The molecule has 10 atom stereocenters. The van der Waals surface area contributed by atoms with Crippen LogP contribution in [0.25, 0.3) is 5.57 Å². The summed E-state index contributed by atoms with van der Waals surface area (Å²) >= 11 is 0. The summed E-state index contributed by atoms with van der Waals surface area (Å²) in [6.07, 6.45) is 8.99. The lowest BCUT2D eigenvalue weighted by Gasteiger charge is -2.72. The van der Waals surface area contributed by atoms with Crippen LogP contribution in [0, 0.1) is 56.7 Å². The van der Waals surface area contributed by atoms with Crippen molar-refractivity contribution in [2.75, 3.05) is 0 Å². The van der Waals surface area contributed by atoms with Gasteiger partial charge in [0.15, 0.2) is 0 Å². The number of fused-ring (bicyclic) bond motifs is 7. The first-order valence-corrected chi connectivity index (χ1v) is 16.2. The zero-order chi connectivity index (χ0) is 30.6. The van der Waals surface area contributed by atoms with Crippen LogP contribution in [0.1, 0.15) is 109 Å². The van der Waals surface area contributed by atoms with Gasteiger partial charge in [-0.25, -0.2) is 4.79 Å². The van der Waals surface area contributed by atoms with E-state index in [4.69, 9.17) is 0 Å². The van der Waals surface area contributed by atoms with E-state index in [0.29, 0.717) is 11.8 Å². The predicted molar refractivity (Wildman–Crippen MR) is 165 cm³/mol. The molecule has 0 bridgehead atoms. The van der Waals surface area contributed by atoms with E-state index in [9.17, 15) is 24.9 Å². The predicted octanol–water partition coefficient (Wildman–Crippen LogP) is 8.09. The number of aromatic carboxylic acids is 1. The minimum absolute atomic E-state index is 0.000413. The number of carboxylic acids is 2. The van der Waals surface area contributed by atoms with Gasteiger partial charge in [-0.15, -0.1) is 0 Å². The van der Waals surface area contributed by atoms with E-state index in [-0.39, 0.29) is 45.0 Å². The van der Waals surface area contributed by atoms with Crippen molar-refractivity contribution < 1.29 is 24.9 Å². The Morgan fingerprint density at radius 3 is 2.10 bits per heavy atom. The van der Waals surface area contributed by atoms with Crippen LogP contribution in [-0.4, -0.2) is 33.4 Å². The zero-order valence-corrected chi connectivity index (χ0v) is 26.4. The molecule has 0 saturated heterocycles. The highest BCUT2D eigenvalue weighted by molar-refractivity contribution is 5.88. The molecule has 42 heavy (non-hydrogen) atoms. The van der Waals surface area contributed by atoms with Gasteiger partial charge >= 0.3 is 11.9 Å². The first-order valence-electron chi connectivity index (χ1n) is 16.2. The Kier molecular flexibility index (Phi) is 6.57. The van der Waals surface area contributed by atoms with Crippen molar-refractivity contribution in [3.05, 3.63) is 53.6 Å². The molecular formula is C37H50O5. The van der Waals surface area contributed by atoms with Crippen LogP contribution in [0.2, 0.25) is 0 Å². The number of carbonyl (C=O) groups is 2. The van der Waals surface area contributed by atoms with Crippen molar-refractivity contribution in [1.82, 2.24) is 0 Å². The van der Waals surface area contributed by atoms with Crippen molar-refractivity contribution in [2.45, 2.75) is 99.0 Å². The fourth-order valence-electron chi connectivity index (χ4n) is 12.4. The molecule has 228 valence electrons. The first-order chi connectivity index (χ1) is 19.6. The summed E-state index contributed by atoms with van der Waals surface area (Å²) in [5.41, 5.74) is 2.39. The molecule has 1 aromatic carbocycles. The zero-order valence-electron chi connectivity index (χ0n) is 26.4. The third kappa shape index (κ3) is 3.58. The van der Waals surface area contributed by atoms with Crippen molar-refractivity contribution in [1.29, 1.82) is 0 Å². The third-order valence-corrected chi connectivity index (χ3v) is 14.6. The summed E-state index contributed by atoms with van der Waals surface area (Å²) in [7, 11) is 0. The quantitative estimate of drug-likeness (QED) is 0.316. The van der Waals surface area contributed by atoms with Gasteiger partial charge in [0.25, 0.3) is 0 Å². The van der Waals surface area contributed by atoms with Gasteiger partial charge in [-0.1, -0.05) is 65.0 Å². The lowest BCUT2D eigenvalue weighted by atomic mass is 9.32. The Labute approximate surface area is 251 Å². The van der Waals surface area contributed by atoms with Gasteiger partial charge < -0.3 is 15.3 Å². The number of allylic oxidation sites excluding steroid dienone is 2. The highest BCUT2D eigenvalue weighted by atomic mass is 16.4. The van der Waals surface area contributed by atoms with E-state index >= 15 is 0 Å². The molecule has 4 fully saturated rings. The molecule has 0 amide bonds. The molecule has 6 rings (SSSR count). The Hall–Kier alpha value is -2.40. The molecule has 0 heterocycles. The normalized spacial score (nSPS) is 45.5. The van der Waals surface area contributed by atoms with Crippen LogP contribution in [0.5, 0.6) is 0 Å². The van der Waals surface area contributed by atoms with Gasteiger partial charge in [0.2, 0.25) is 0 Å². The second kappa shape index (κ2) is 9.30. The van der Waals surface area contributed by atoms with Crippen molar-refractivity contribution in [3.8, 4) is 0 Å². The number of aliphatic hydroxyl groups is 1. The highest BCUT2D eigenvalue weighted by Gasteiger charge is 2.72. The second-order valence-electron chi connectivity index (χ2n) is 16.1. The van der Waals surface area contributed by atoms with Crippen molar-refractivity contribution in [2.24, 2.45) is 56.7 Å². The highest BCUT2D eigenvalue weighted by Crippen LogP contribution is 2.77. The standard InChI is InChI=1S/C37H50O5/c1-21(2)24-14-17-37(32(41)42)19-18-34(5)25(30(24)37)12-13-28-35(34,6)16-15-27-33(3,4)26(20-29(38)36(27,28)7)22-8-10-23(11-9-22)31(39)40/h8-11,20,24-25,27-30,38H,1,12-19H2,2-7H3,(H,39,40)(H,41,42)/t24-,25+,27-,28-,29+,30+,34+,35+,36-,37-/m0/s1. The average molecular weight is 575 g/mol. The Morgan fingerprint density at radius 1 is 0.833 bits per heavy atom. The molecule has 0 aromatic heterocycles. The number of hydrogen-bond donors (Lipinski definition) is 3. The van der Waals surface area contributed by atoms with Crippen LogP contribution >= 0.6 is 0 Å². The SMILES string of the molecule is C=C(C)[C@@H]1CC[C@]2(C(=O)O)CC[C@]3(C)[C@H](CC[C@@H]4[C@@]5(C)[C@H](O)C=C(c6ccc(C(=O)O)cc6)C(C)(C)[C@@H]5CC[C@]43C)[C@@H]12. The average Bonchev–Trinajstić information content (AvgIpc) is 3.33. The minimum Gasteiger partial charge on any atom is -0.481 e. The molecule has 5 aliphatic rings. The number of rotatable bonds is 4. The summed E-state index contributed by atoms with van der Waals surface area (Å²) in [6, 6.07) is 7.11. The van der Waals surface area contributed by atoms with E-state index < -0.39 is 23.5 Å². The molecule has 5 aliphatic carbocycles. The molecule has 0 spiro atoms. The fraction of sp³-hybridized carbons (Fsp3) is 0.676. The molecule has 3 N–H and O–H groups in total. The number of aliphatic hydroxyl groups excluding tert-OH is 1. The molecule has 0 aliphatic heterocycles. The van der Waals surface area contributed by atoms with Crippen molar-refractivity contribution >= 4 is 17.5 Å². The van der Waals surface area contributed by atoms with Crippen LogP contribution in [-0.2, 0) is 4.79 Å². The molecule has 5 nitrogen and oxygen atoms in total. The smallest absolute Gasteiger partial charge is 0.335 e. The fourth-order valence-corrected chi connectivity index (χ4v) is 12.4. The summed E-state index contributed by atoms with van der Waals surface area (Å²) < 4.78 is 0. The Balaban J connectivity index is 1.40. The van der Waals surface area contributed by atoms with E-state index in [1.54, 1.807) is 12.1 Å². The molecule has 0 radical (unpaired) electrons. The van der Waals surface area contributed by atoms with Gasteiger partial charge in [-0.2, -0.15) is 0 Å². The van der Waals surface area contributed by atoms with Gasteiger partial charge in [-0.3, -0.25) is 4.79 Å². The first kappa shape index (κ1) is 29.7. The lowest BCUT2D eigenvalue weighted by molar-refractivity contribution is -0.242. The summed E-state index contributed by atoms with van der Waals surface area (Å²) in [5.74, 6) is -0.169. The van der Waals surface area contributed by atoms with Crippen molar-refractivity contribution in [3.63, 3.8) is 0 Å². The monoisotopic (exact) mass is 574 g/mol. The second-order valence-corrected chi connectivity index (χ2v) is 16.1. The number of carboxylic acid groups (broad SMARTS) is 2. The largest absolute Gasteiger partial charge is 0.481 e. The van der Waals surface area contributed by atoms with Crippen LogP contribution in [0.3, 0.4) is 0 Å². The van der Waals surface area contributed by atoms with Crippen LogP contribution in [0.15, 0.2) is 42.5 Å². The van der Waals surface area contributed by atoms with Crippen LogP contribution in [0.4, 0.5) is 0 Å². The summed E-state index contributed by atoms with van der Waals surface area (Å²) in [6.45, 7) is 18.4. The summed E-state index contributed by atoms with van der Waals surface area (Å²) in [5, 5.41) is 32.1. The lowest BCUT2D eigenvalue weighted by Crippen LogP contribution is -2.68. The Bertz CT molecular complexity index is 1360. The van der Waals surface area contributed by atoms with Gasteiger partial charge in [-0.05, 0) is 127 Å². The maximum absolute atomic E-state index is 12.9. The number of benzene rings is 1. The third-order valence-electron chi connectivity index (χ3n) is 14.6. The van der Waals surface area contributed by atoms with Crippen LogP contribution < -0.4 is 0 Å². The van der Waals surface area contributed by atoms with E-state index in [1.807, 2.05) is 12.1 Å². The van der Waals surface area contributed by atoms with E-state index in [2.05, 4.69) is 54.2 Å². The number of hydrogen-bond acceptors (Lipinski definition) is 3. The minimum atomic E-state index is -0.933. The molecule has 0 unspecified atom stereocenters. The molecule has 1 aromatic rings. The van der Waals surface area contributed by atoms with Gasteiger partial charge in [0.1, 0.15) is 0 Å². The summed E-state index contributed by atoms with van der Waals surface area (Å²) in [4.78, 5) is 24.4. The molecular weight excluding hydrogens is 524 g/mol. The Morgan fingerprint density at radius 2 is 1.50 bits per heavy atom. The van der Waals surface area contributed by atoms with E-state index in [0.717, 1.165) is 68.1 Å².